The molecule has 0 unspecified atom stereocenters. The molecule has 0 saturated carbocycles. The maximum absolute atomic E-state index is 12.9. The SMILES string of the molecule is O=C(CSc1ccccc1Cl)Nc1c(Cl)cccc1C(F)(F)F. The minimum absolute atomic E-state index is 0.0910. The molecule has 0 bridgehead atoms. The lowest BCUT2D eigenvalue weighted by molar-refractivity contribution is -0.137. The summed E-state index contributed by atoms with van der Waals surface area (Å²) in [5.74, 6) is -0.694. The van der Waals surface area contributed by atoms with Gasteiger partial charge in [-0.2, -0.15) is 13.2 Å². The summed E-state index contributed by atoms with van der Waals surface area (Å²) in [5.41, 5.74) is -1.42. The van der Waals surface area contributed by atoms with Crippen LogP contribution in [0.4, 0.5) is 18.9 Å². The third-order valence-electron chi connectivity index (χ3n) is 2.78. The first-order valence-electron chi connectivity index (χ1n) is 6.32. The van der Waals surface area contributed by atoms with E-state index in [0.717, 1.165) is 17.8 Å². The molecule has 0 fully saturated rings. The molecule has 0 radical (unpaired) electrons. The number of amides is 1. The van der Waals surface area contributed by atoms with Gasteiger partial charge in [-0.25, -0.2) is 0 Å². The third-order valence-corrected chi connectivity index (χ3v) is 4.61. The minimum atomic E-state index is -4.61. The number of hydrogen-bond acceptors (Lipinski definition) is 2. The van der Waals surface area contributed by atoms with E-state index in [2.05, 4.69) is 5.32 Å². The van der Waals surface area contributed by atoms with E-state index in [4.69, 9.17) is 23.2 Å². The fraction of sp³-hybridized carbons (Fsp3) is 0.133. The van der Waals surface area contributed by atoms with E-state index in [1.165, 1.54) is 12.1 Å². The Morgan fingerprint density at radius 3 is 2.35 bits per heavy atom. The average molecular weight is 380 g/mol. The Morgan fingerprint density at radius 2 is 1.70 bits per heavy atom. The summed E-state index contributed by atoms with van der Waals surface area (Å²) in [6, 6.07) is 10.2. The highest BCUT2D eigenvalue weighted by Crippen LogP contribution is 2.38. The minimum Gasteiger partial charge on any atom is -0.324 e. The topological polar surface area (TPSA) is 29.1 Å². The zero-order valence-corrected chi connectivity index (χ0v) is 13.8. The maximum Gasteiger partial charge on any atom is 0.418 e. The Balaban J connectivity index is 2.11. The molecular weight excluding hydrogens is 370 g/mol. The maximum atomic E-state index is 12.9. The largest absolute Gasteiger partial charge is 0.418 e. The van der Waals surface area contributed by atoms with E-state index in [9.17, 15) is 18.0 Å². The summed E-state index contributed by atoms with van der Waals surface area (Å²) in [4.78, 5) is 12.6. The Morgan fingerprint density at radius 1 is 1.04 bits per heavy atom. The predicted molar refractivity (Wildman–Crippen MR) is 87.3 cm³/mol. The molecule has 1 N–H and O–H groups in total. The van der Waals surface area contributed by atoms with E-state index in [0.29, 0.717) is 9.92 Å². The molecule has 0 aliphatic heterocycles. The number of anilines is 1. The average Bonchev–Trinajstić information content (AvgIpc) is 2.47. The molecule has 0 aromatic heterocycles. The van der Waals surface area contributed by atoms with E-state index in [-0.39, 0.29) is 10.8 Å². The number of nitrogens with one attached hydrogen (secondary N) is 1. The van der Waals surface area contributed by atoms with Crippen molar-refractivity contribution in [3.63, 3.8) is 0 Å². The number of thioether (sulfide) groups is 1. The summed E-state index contributed by atoms with van der Waals surface area (Å²) in [6.07, 6.45) is -4.61. The van der Waals surface area contributed by atoms with Gasteiger partial charge in [0.2, 0.25) is 5.91 Å². The molecule has 122 valence electrons. The van der Waals surface area contributed by atoms with Crippen molar-refractivity contribution >= 4 is 46.6 Å². The first-order chi connectivity index (χ1) is 10.8. The van der Waals surface area contributed by atoms with Crippen LogP contribution in [0.3, 0.4) is 0 Å². The van der Waals surface area contributed by atoms with Crippen molar-refractivity contribution in [1.82, 2.24) is 0 Å². The summed E-state index contributed by atoms with van der Waals surface area (Å²) in [6.45, 7) is 0. The van der Waals surface area contributed by atoms with Gasteiger partial charge in [-0.1, -0.05) is 41.4 Å². The van der Waals surface area contributed by atoms with Crippen molar-refractivity contribution in [3.8, 4) is 0 Å². The van der Waals surface area contributed by atoms with Crippen molar-refractivity contribution < 1.29 is 18.0 Å². The van der Waals surface area contributed by atoms with Crippen LogP contribution in [0.5, 0.6) is 0 Å². The molecular formula is C15H10Cl2F3NOS. The third kappa shape index (κ3) is 4.80. The van der Waals surface area contributed by atoms with Crippen LogP contribution >= 0.6 is 35.0 Å². The number of para-hydroxylation sites is 1. The van der Waals surface area contributed by atoms with Crippen LogP contribution < -0.4 is 5.32 Å². The Labute approximate surface area is 145 Å². The molecule has 8 heteroatoms. The summed E-state index contributed by atoms with van der Waals surface area (Å²) >= 11 is 12.9. The van der Waals surface area contributed by atoms with Gasteiger partial charge in [0.15, 0.2) is 0 Å². The number of benzene rings is 2. The number of carbonyl (C=O) groups excluding carboxylic acids is 1. The standard InChI is InChI=1S/C15H10Cl2F3NOS/c16-10-5-1-2-7-12(10)23-8-13(22)21-14-9(15(18,19)20)4-3-6-11(14)17/h1-7H,8H2,(H,21,22). The van der Waals surface area contributed by atoms with Crippen molar-refractivity contribution in [2.75, 3.05) is 11.1 Å². The molecule has 0 heterocycles. The first-order valence-corrected chi connectivity index (χ1v) is 8.06. The van der Waals surface area contributed by atoms with Crippen molar-refractivity contribution in [3.05, 3.63) is 58.1 Å². The van der Waals surface area contributed by atoms with Crippen LogP contribution in [-0.4, -0.2) is 11.7 Å². The summed E-state index contributed by atoms with van der Waals surface area (Å²) < 4.78 is 38.8. The lowest BCUT2D eigenvalue weighted by Gasteiger charge is -2.15. The van der Waals surface area contributed by atoms with Crippen molar-refractivity contribution in [2.24, 2.45) is 0 Å². The Kier molecular flexibility index (Phi) is 5.84. The molecule has 1 amide bonds. The quantitative estimate of drug-likeness (QED) is 0.685. The Hall–Kier alpha value is -1.37. The number of hydrogen-bond donors (Lipinski definition) is 1. The van der Waals surface area contributed by atoms with Gasteiger partial charge in [0.25, 0.3) is 0 Å². The van der Waals surface area contributed by atoms with Crippen LogP contribution in [0.15, 0.2) is 47.4 Å². The monoisotopic (exact) mass is 379 g/mol. The highest BCUT2D eigenvalue weighted by Gasteiger charge is 2.34. The van der Waals surface area contributed by atoms with E-state index >= 15 is 0 Å². The van der Waals surface area contributed by atoms with Crippen LogP contribution in [0.2, 0.25) is 10.0 Å². The molecule has 0 atom stereocenters. The smallest absolute Gasteiger partial charge is 0.324 e. The fourth-order valence-corrected chi connectivity index (χ4v) is 3.03. The molecule has 2 aromatic rings. The molecule has 23 heavy (non-hydrogen) atoms. The van der Waals surface area contributed by atoms with Crippen LogP contribution in [-0.2, 0) is 11.0 Å². The number of alkyl halides is 3. The molecule has 2 rings (SSSR count). The predicted octanol–water partition coefficient (Wildman–Crippen LogP) is 5.74. The van der Waals surface area contributed by atoms with Gasteiger partial charge in [0, 0.05) is 4.90 Å². The summed E-state index contributed by atoms with van der Waals surface area (Å²) in [7, 11) is 0. The van der Waals surface area contributed by atoms with Crippen LogP contribution in [0.1, 0.15) is 5.56 Å². The zero-order valence-electron chi connectivity index (χ0n) is 11.5. The van der Waals surface area contributed by atoms with Gasteiger partial charge in [0.05, 0.1) is 27.0 Å². The number of carbonyl (C=O) groups is 1. The number of halogens is 5. The van der Waals surface area contributed by atoms with Gasteiger partial charge in [-0.3, -0.25) is 4.79 Å². The van der Waals surface area contributed by atoms with Gasteiger partial charge in [0.1, 0.15) is 0 Å². The van der Waals surface area contributed by atoms with E-state index in [1.54, 1.807) is 24.3 Å². The molecule has 0 saturated heterocycles. The molecule has 0 aliphatic carbocycles. The van der Waals surface area contributed by atoms with Gasteiger partial charge in [-0.05, 0) is 24.3 Å². The van der Waals surface area contributed by atoms with Crippen LogP contribution in [0.25, 0.3) is 0 Å². The molecule has 0 spiro atoms. The lowest BCUT2D eigenvalue weighted by Crippen LogP contribution is -2.18. The second-order valence-electron chi connectivity index (χ2n) is 4.43. The van der Waals surface area contributed by atoms with Crippen molar-refractivity contribution in [1.29, 1.82) is 0 Å². The summed E-state index contributed by atoms with van der Waals surface area (Å²) in [5, 5.41) is 2.52. The second kappa shape index (κ2) is 7.47. The molecule has 2 aromatic carbocycles. The van der Waals surface area contributed by atoms with Gasteiger partial charge >= 0.3 is 6.18 Å². The normalized spacial score (nSPS) is 11.3. The fourth-order valence-electron chi connectivity index (χ4n) is 1.77. The second-order valence-corrected chi connectivity index (χ2v) is 6.26. The highest BCUT2D eigenvalue weighted by molar-refractivity contribution is 8.00. The highest BCUT2D eigenvalue weighted by atomic mass is 35.5. The number of rotatable bonds is 4. The van der Waals surface area contributed by atoms with Crippen molar-refractivity contribution in [2.45, 2.75) is 11.1 Å². The first kappa shape index (κ1) is 18.0. The van der Waals surface area contributed by atoms with Gasteiger partial charge in [-0.15, -0.1) is 11.8 Å². The molecule has 2 nitrogen and oxygen atoms in total. The van der Waals surface area contributed by atoms with E-state index < -0.39 is 23.3 Å². The van der Waals surface area contributed by atoms with Gasteiger partial charge < -0.3 is 5.32 Å². The Bertz CT molecular complexity index is 722. The van der Waals surface area contributed by atoms with E-state index in [1.807, 2.05) is 0 Å². The zero-order chi connectivity index (χ0) is 17.0. The lowest BCUT2D eigenvalue weighted by atomic mass is 10.1. The van der Waals surface area contributed by atoms with Crippen LogP contribution in [0, 0.1) is 0 Å². The molecule has 0 aliphatic rings.